The first kappa shape index (κ1) is 17.0. The van der Waals surface area contributed by atoms with Crippen molar-refractivity contribution < 1.29 is 32.2 Å². The third-order valence-corrected chi connectivity index (χ3v) is 4.25. The van der Waals surface area contributed by atoms with Gasteiger partial charge in [-0.2, -0.15) is 13.2 Å². The quantitative estimate of drug-likeness (QED) is 0.731. The summed E-state index contributed by atoms with van der Waals surface area (Å²) in [4.78, 5) is 12.5. The molecule has 0 aromatic rings. The second-order valence-corrected chi connectivity index (χ2v) is 5.52. The van der Waals surface area contributed by atoms with E-state index in [-0.39, 0.29) is 5.78 Å². The van der Waals surface area contributed by atoms with Gasteiger partial charge in [-0.15, -0.1) is 0 Å². The Morgan fingerprint density at radius 1 is 1.41 bits per heavy atom. The second-order valence-electron chi connectivity index (χ2n) is 5.52. The molecule has 22 heavy (non-hydrogen) atoms. The number of hydrogen-bond donors (Lipinski definition) is 0. The smallest absolute Gasteiger partial charge is 0.411 e. The average molecular weight is 320 g/mol. The number of ketones is 1. The van der Waals surface area contributed by atoms with E-state index in [1.165, 1.54) is 20.3 Å². The number of halogens is 3. The summed E-state index contributed by atoms with van der Waals surface area (Å²) in [6, 6.07) is 0. The third kappa shape index (κ3) is 3.35. The lowest BCUT2D eigenvalue weighted by Gasteiger charge is -2.36. The Morgan fingerprint density at radius 3 is 2.68 bits per heavy atom. The van der Waals surface area contributed by atoms with Crippen molar-refractivity contribution in [2.45, 2.75) is 31.7 Å². The molecule has 3 atom stereocenters. The minimum atomic E-state index is -4.43. The molecule has 2 rings (SSSR count). The van der Waals surface area contributed by atoms with Crippen LogP contribution in [0.3, 0.4) is 0 Å². The third-order valence-electron chi connectivity index (χ3n) is 4.25. The second kappa shape index (κ2) is 6.42. The summed E-state index contributed by atoms with van der Waals surface area (Å²) >= 11 is 0. The van der Waals surface area contributed by atoms with Crippen LogP contribution in [-0.4, -0.2) is 39.1 Å². The van der Waals surface area contributed by atoms with Crippen LogP contribution in [0, 0.1) is 11.3 Å². The molecule has 0 bridgehead atoms. The van der Waals surface area contributed by atoms with E-state index in [9.17, 15) is 18.0 Å². The lowest BCUT2D eigenvalue weighted by atomic mass is 9.71. The van der Waals surface area contributed by atoms with Gasteiger partial charge in [-0.05, 0) is 18.9 Å². The Balaban J connectivity index is 2.17. The van der Waals surface area contributed by atoms with Crippen molar-refractivity contribution in [2.24, 2.45) is 11.3 Å². The van der Waals surface area contributed by atoms with E-state index in [0.29, 0.717) is 18.6 Å². The highest BCUT2D eigenvalue weighted by molar-refractivity contribution is 5.98. The Bertz CT molecular complexity index is 484. The molecule has 1 spiro atoms. The zero-order valence-electron chi connectivity index (χ0n) is 12.5. The molecular weight excluding hydrogens is 301 g/mol. The van der Waals surface area contributed by atoms with Crippen LogP contribution in [0.15, 0.2) is 24.0 Å². The van der Waals surface area contributed by atoms with Crippen molar-refractivity contribution in [1.82, 2.24) is 0 Å². The predicted molar refractivity (Wildman–Crippen MR) is 71.8 cm³/mol. The minimum Gasteiger partial charge on any atom is -0.497 e. The molecule has 3 unspecified atom stereocenters. The monoisotopic (exact) mass is 320 g/mol. The molecule has 4 nitrogen and oxygen atoms in total. The molecule has 0 amide bonds. The van der Waals surface area contributed by atoms with Crippen LogP contribution in [0.1, 0.15) is 19.3 Å². The van der Waals surface area contributed by atoms with Gasteiger partial charge in [-0.3, -0.25) is 4.79 Å². The van der Waals surface area contributed by atoms with Crippen molar-refractivity contribution >= 4 is 5.78 Å². The molecule has 7 heteroatoms. The van der Waals surface area contributed by atoms with Crippen LogP contribution in [0.5, 0.6) is 0 Å². The Labute approximate surface area is 126 Å². The SMILES string of the molecule is COC1=CC(=O)C2(C=C1)CCCC2C(OC)OCC(F)(F)F. The summed E-state index contributed by atoms with van der Waals surface area (Å²) in [5, 5.41) is 0. The van der Waals surface area contributed by atoms with E-state index in [0.717, 1.165) is 6.42 Å². The molecular formula is C15H19F3O4. The molecule has 124 valence electrons. The normalized spacial score (nSPS) is 29.8. The van der Waals surface area contributed by atoms with Gasteiger partial charge in [-0.25, -0.2) is 0 Å². The van der Waals surface area contributed by atoms with Gasteiger partial charge in [0.1, 0.15) is 12.4 Å². The van der Waals surface area contributed by atoms with E-state index >= 15 is 0 Å². The van der Waals surface area contributed by atoms with Crippen molar-refractivity contribution in [3.05, 3.63) is 24.0 Å². The molecule has 0 aromatic heterocycles. The van der Waals surface area contributed by atoms with Crippen molar-refractivity contribution in [3.8, 4) is 0 Å². The molecule has 0 N–H and O–H groups in total. The van der Waals surface area contributed by atoms with Gasteiger partial charge in [0, 0.05) is 19.1 Å². The zero-order chi connectivity index (χ0) is 16.4. The standard InChI is InChI=1S/C15H19F3O4/c1-20-10-5-7-14(12(19)8-10)6-3-4-11(14)13(21-2)22-9-15(16,17)18/h5,7-8,11,13H,3-4,6,9H2,1-2H3. The van der Waals surface area contributed by atoms with Crippen molar-refractivity contribution in [2.75, 3.05) is 20.8 Å². The predicted octanol–water partition coefficient (Wildman–Crippen LogP) is 2.99. The first-order valence-electron chi connectivity index (χ1n) is 7.03. The molecule has 1 fully saturated rings. The maximum atomic E-state index is 12.5. The van der Waals surface area contributed by atoms with E-state index in [1.54, 1.807) is 12.2 Å². The lowest BCUT2D eigenvalue weighted by Crippen LogP contribution is -2.42. The Kier molecular flexibility index (Phi) is 4.97. The fourth-order valence-corrected chi connectivity index (χ4v) is 3.23. The number of methoxy groups -OCH3 is 2. The van der Waals surface area contributed by atoms with Gasteiger partial charge >= 0.3 is 6.18 Å². The van der Waals surface area contributed by atoms with Gasteiger partial charge in [0.2, 0.25) is 0 Å². The Hall–Kier alpha value is -1.34. The minimum absolute atomic E-state index is 0.174. The van der Waals surface area contributed by atoms with Gasteiger partial charge in [0.25, 0.3) is 0 Å². The van der Waals surface area contributed by atoms with Crippen LogP contribution in [0.2, 0.25) is 0 Å². The van der Waals surface area contributed by atoms with Crippen molar-refractivity contribution in [3.63, 3.8) is 0 Å². The van der Waals surface area contributed by atoms with Crippen LogP contribution < -0.4 is 0 Å². The number of carbonyl (C=O) groups is 1. The van der Waals surface area contributed by atoms with Crippen molar-refractivity contribution in [1.29, 1.82) is 0 Å². The molecule has 0 saturated heterocycles. The van der Waals surface area contributed by atoms with Gasteiger partial charge in [0.05, 0.1) is 12.5 Å². The van der Waals surface area contributed by atoms with Gasteiger partial charge in [0.15, 0.2) is 12.1 Å². The number of carbonyl (C=O) groups excluding carboxylic acids is 1. The summed E-state index contributed by atoms with van der Waals surface area (Å²) in [7, 11) is 2.75. The largest absolute Gasteiger partial charge is 0.497 e. The number of alkyl halides is 3. The van der Waals surface area contributed by atoms with Gasteiger partial charge in [-0.1, -0.05) is 12.5 Å². The summed E-state index contributed by atoms with van der Waals surface area (Å²) in [5.41, 5.74) is -0.867. The highest BCUT2D eigenvalue weighted by Crippen LogP contribution is 2.50. The summed E-state index contributed by atoms with van der Waals surface area (Å²) in [5.74, 6) is -0.184. The number of hydrogen-bond acceptors (Lipinski definition) is 4. The van der Waals surface area contributed by atoms with Crippen LogP contribution in [0.4, 0.5) is 13.2 Å². The number of allylic oxidation sites excluding steroid dienone is 3. The van der Waals surface area contributed by atoms with E-state index in [1.807, 2.05) is 0 Å². The fourth-order valence-electron chi connectivity index (χ4n) is 3.23. The van der Waals surface area contributed by atoms with E-state index in [2.05, 4.69) is 0 Å². The van der Waals surface area contributed by atoms with Crippen LogP contribution in [-0.2, 0) is 19.0 Å². The summed E-state index contributed by atoms with van der Waals surface area (Å²) < 4.78 is 52.1. The zero-order valence-corrected chi connectivity index (χ0v) is 12.5. The summed E-state index contributed by atoms with van der Waals surface area (Å²) in [6.45, 7) is -1.39. The van der Waals surface area contributed by atoms with E-state index in [4.69, 9.17) is 14.2 Å². The molecule has 2 aliphatic carbocycles. The average Bonchev–Trinajstić information content (AvgIpc) is 2.87. The Morgan fingerprint density at radius 2 is 2.14 bits per heavy atom. The van der Waals surface area contributed by atoms with E-state index < -0.39 is 30.4 Å². The number of rotatable bonds is 5. The first-order chi connectivity index (χ1) is 10.3. The molecule has 0 heterocycles. The topological polar surface area (TPSA) is 44.8 Å². The highest BCUT2D eigenvalue weighted by Gasteiger charge is 2.51. The van der Waals surface area contributed by atoms with Gasteiger partial charge < -0.3 is 14.2 Å². The highest BCUT2D eigenvalue weighted by atomic mass is 19.4. The fraction of sp³-hybridized carbons (Fsp3) is 0.667. The molecule has 0 aromatic carbocycles. The molecule has 0 radical (unpaired) electrons. The maximum Gasteiger partial charge on any atom is 0.411 e. The molecule has 2 aliphatic rings. The number of ether oxygens (including phenoxy) is 3. The van der Waals surface area contributed by atoms with Crippen LogP contribution >= 0.6 is 0 Å². The summed E-state index contributed by atoms with van der Waals surface area (Å²) in [6.07, 6.45) is 1.14. The first-order valence-corrected chi connectivity index (χ1v) is 7.03. The molecule has 1 saturated carbocycles. The molecule has 0 aliphatic heterocycles. The van der Waals surface area contributed by atoms with Crippen LogP contribution in [0.25, 0.3) is 0 Å². The lowest BCUT2D eigenvalue weighted by molar-refractivity contribution is -0.241. The maximum absolute atomic E-state index is 12.5.